The summed E-state index contributed by atoms with van der Waals surface area (Å²) in [6.45, 7) is 3.83. The van der Waals surface area contributed by atoms with Gasteiger partial charge < -0.3 is 10.0 Å². The summed E-state index contributed by atoms with van der Waals surface area (Å²) >= 11 is 0. The molecule has 2 aromatic heterocycles. The number of rotatable bonds is 5. The van der Waals surface area contributed by atoms with Gasteiger partial charge in [-0.05, 0) is 37.5 Å². The minimum absolute atomic E-state index is 0.172. The molecule has 4 heterocycles. The third-order valence-corrected chi connectivity index (χ3v) is 6.35. The van der Waals surface area contributed by atoms with Crippen molar-refractivity contribution in [2.24, 2.45) is 0 Å². The van der Waals surface area contributed by atoms with Crippen LogP contribution in [0.3, 0.4) is 0 Å². The first kappa shape index (κ1) is 17.6. The summed E-state index contributed by atoms with van der Waals surface area (Å²) in [7, 11) is 2.01. The van der Waals surface area contributed by atoms with Crippen LogP contribution in [-0.4, -0.2) is 50.8 Å². The van der Waals surface area contributed by atoms with E-state index in [1.807, 2.05) is 14.0 Å². The van der Waals surface area contributed by atoms with Gasteiger partial charge in [-0.1, -0.05) is 12.1 Å². The Hall–Kier alpha value is -2.44. The van der Waals surface area contributed by atoms with Crippen molar-refractivity contribution in [2.75, 3.05) is 25.1 Å². The van der Waals surface area contributed by atoms with Crippen molar-refractivity contribution in [3.63, 3.8) is 0 Å². The average molecular weight is 377 g/mol. The molecule has 1 aromatic carbocycles. The maximum atomic E-state index is 9.12. The lowest BCUT2D eigenvalue weighted by Crippen LogP contribution is -2.38. The van der Waals surface area contributed by atoms with E-state index in [9.17, 15) is 0 Å². The molecule has 6 heteroatoms. The summed E-state index contributed by atoms with van der Waals surface area (Å²) in [5.41, 5.74) is 7.18. The van der Waals surface area contributed by atoms with Gasteiger partial charge in [-0.15, -0.1) is 0 Å². The summed E-state index contributed by atoms with van der Waals surface area (Å²) < 4.78 is 2.07. The molecule has 0 amide bonds. The number of likely N-dealkylation sites (N-methyl/N-ethyl adjacent to an activating group) is 1. The summed E-state index contributed by atoms with van der Waals surface area (Å²) in [5, 5.41) is 13.8. The van der Waals surface area contributed by atoms with Crippen molar-refractivity contribution in [3.8, 4) is 0 Å². The van der Waals surface area contributed by atoms with Crippen LogP contribution < -0.4 is 4.90 Å². The average Bonchev–Trinajstić information content (AvgIpc) is 3.20. The second kappa shape index (κ2) is 6.87. The number of aliphatic hydroxyl groups is 1. The monoisotopic (exact) mass is 377 g/mol. The molecule has 2 aliphatic heterocycles. The van der Waals surface area contributed by atoms with Gasteiger partial charge in [0.05, 0.1) is 18.0 Å². The van der Waals surface area contributed by atoms with E-state index in [0.29, 0.717) is 18.6 Å². The number of aromatic nitrogens is 3. The van der Waals surface area contributed by atoms with Crippen LogP contribution in [0.1, 0.15) is 41.4 Å². The smallest absolute Gasteiger partial charge is 0.155 e. The first-order valence-corrected chi connectivity index (χ1v) is 10.1. The molecule has 146 valence electrons. The highest BCUT2D eigenvalue weighted by Gasteiger charge is 2.41. The Kier molecular flexibility index (Phi) is 4.33. The molecule has 1 saturated heterocycles. The predicted molar refractivity (Wildman–Crippen MR) is 110 cm³/mol. The number of aryl methyl sites for hydroxylation is 1. The Morgan fingerprint density at radius 2 is 2.04 bits per heavy atom. The summed E-state index contributed by atoms with van der Waals surface area (Å²) in [6, 6.07) is 11.8. The van der Waals surface area contributed by atoms with Crippen LogP contribution in [0.2, 0.25) is 0 Å². The Morgan fingerprint density at radius 3 is 2.82 bits per heavy atom. The van der Waals surface area contributed by atoms with Crippen LogP contribution in [0, 0.1) is 6.92 Å². The number of hydrogen-bond donors (Lipinski definition) is 1. The van der Waals surface area contributed by atoms with Gasteiger partial charge in [-0.25, -0.2) is 9.50 Å². The van der Waals surface area contributed by atoms with Gasteiger partial charge >= 0.3 is 0 Å². The van der Waals surface area contributed by atoms with Crippen LogP contribution in [0.15, 0.2) is 36.5 Å². The van der Waals surface area contributed by atoms with E-state index in [1.165, 1.54) is 29.7 Å². The molecule has 0 spiro atoms. The molecule has 2 atom stereocenters. The third-order valence-electron chi connectivity index (χ3n) is 6.35. The van der Waals surface area contributed by atoms with Gasteiger partial charge in [-0.3, -0.25) is 4.90 Å². The standard InChI is InChI=1S/C22H27N5O/c1-15-11-22-23-13-19-20-8-7-18(12-21(19)27(22)24-15)26(20)14-16-3-5-17(6-4-16)25(2)9-10-28/h3-6,11,13,18,20,28H,7-10,12,14H2,1-2H3/t18-,20+/m0/s1. The molecule has 28 heavy (non-hydrogen) atoms. The number of anilines is 1. The maximum absolute atomic E-state index is 9.12. The summed E-state index contributed by atoms with van der Waals surface area (Å²) in [6.07, 6.45) is 5.56. The molecule has 3 aromatic rings. The topological polar surface area (TPSA) is 56.9 Å². The molecule has 1 fully saturated rings. The van der Waals surface area contributed by atoms with Crippen molar-refractivity contribution in [3.05, 3.63) is 59.0 Å². The quantitative estimate of drug-likeness (QED) is 0.741. The molecule has 0 saturated carbocycles. The number of aliphatic hydroxyl groups excluding tert-OH is 1. The van der Waals surface area contributed by atoms with Gasteiger partial charge in [0.15, 0.2) is 5.65 Å². The Labute approximate surface area is 165 Å². The molecule has 2 bridgehead atoms. The van der Waals surface area contributed by atoms with Crippen molar-refractivity contribution >= 4 is 11.3 Å². The van der Waals surface area contributed by atoms with E-state index in [0.717, 1.165) is 30.0 Å². The van der Waals surface area contributed by atoms with Gasteiger partial charge in [0, 0.05) is 62.2 Å². The normalized spacial score (nSPS) is 21.2. The number of benzene rings is 1. The van der Waals surface area contributed by atoms with Crippen LogP contribution in [-0.2, 0) is 13.0 Å². The lowest BCUT2D eigenvalue weighted by Gasteiger charge is -2.36. The van der Waals surface area contributed by atoms with Crippen molar-refractivity contribution in [2.45, 2.75) is 44.8 Å². The molecular weight excluding hydrogens is 350 g/mol. The Bertz CT molecular complexity index is 996. The van der Waals surface area contributed by atoms with E-state index in [1.54, 1.807) is 0 Å². The fraction of sp³-hybridized carbons (Fsp3) is 0.455. The molecule has 0 unspecified atom stereocenters. The zero-order valence-electron chi connectivity index (χ0n) is 16.5. The van der Waals surface area contributed by atoms with Gasteiger partial charge in [0.25, 0.3) is 0 Å². The third kappa shape index (κ3) is 2.88. The van der Waals surface area contributed by atoms with E-state index < -0.39 is 0 Å². The van der Waals surface area contributed by atoms with Gasteiger partial charge in [0.1, 0.15) is 0 Å². The molecule has 1 N–H and O–H groups in total. The zero-order valence-corrected chi connectivity index (χ0v) is 16.5. The fourth-order valence-electron chi connectivity index (χ4n) is 4.89. The van der Waals surface area contributed by atoms with Gasteiger partial charge in [-0.2, -0.15) is 5.10 Å². The Balaban J connectivity index is 1.40. The molecule has 0 aliphatic carbocycles. The lowest BCUT2D eigenvalue weighted by molar-refractivity contribution is 0.165. The van der Waals surface area contributed by atoms with E-state index in [-0.39, 0.29) is 6.61 Å². The first-order chi connectivity index (χ1) is 13.6. The van der Waals surface area contributed by atoms with Crippen LogP contribution in [0.4, 0.5) is 5.69 Å². The highest BCUT2D eigenvalue weighted by atomic mass is 16.3. The van der Waals surface area contributed by atoms with Crippen LogP contribution in [0.25, 0.3) is 5.65 Å². The van der Waals surface area contributed by atoms with E-state index >= 15 is 0 Å². The highest BCUT2D eigenvalue weighted by Crippen LogP contribution is 2.44. The highest BCUT2D eigenvalue weighted by molar-refractivity contribution is 5.47. The molecule has 6 nitrogen and oxygen atoms in total. The summed E-state index contributed by atoms with van der Waals surface area (Å²) in [5.74, 6) is 0. The molecule has 0 radical (unpaired) electrons. The zero-order chi connectivity index (χ0) is 19.3. The van der Waals surface area contributed by atoms with Crippen LogP contribution in [0.5, 0.6) is 0 Å². The van der Waals surface area contributed by atoms with Crippen molar-refractivity contribution in [1.82, 2.24) is 19.5 Å². The minimum Gasteiger partial charge on any atom is -0.395 e. The minimum atomic E-state index is 0.172. The van der Waals surface area contributed by atoms with Crippen LogP contribution >= 0.6 is 0 Å². The number of nitrogens with zero attached hydrogens (tertiary/aromatic N) is 5. The van der Waals surface area contributed by atoms with E-state index in [4.69, 9.17) is 5.11 Å². The van der Waals surface area contributed by atoms with Crippen molar-refractivity contribution in [1.29, 1.82) is 0 Å². The second-order valence-corrected chi connectivity index (χ2v) is 8.15. The molecule has 2 aliphatic rings. The second-order valence-electron chi connectivity index (χ2n) is 8.15. The van der Waals surface area contributed by atoms with Crippen molar-refractivity contribution < 1.29 is 5.11 Å². The van der Waals surface area contributed by atoms with Gasteiger partial charge in [0.2, 0.25) is 0 Å². The predicted octanol–water partition coefficient (Wildman–Crippen LogP) is 2.73. The SMILES string of the molecule is Cc1cc2ncc3c(n2n1)C[C@@H]1CC[C@H]3N1Cc1ccc(N(C)CCO)cc1. The summed E-state index contributed by atoms with van der Waals surface area (Å²) in [4.78, 5) is 9.40. The molecular formula is C22H27N5O. The largest absolute Gasteiger partial charge is 0.395 e. The maximum Gasteiger partial charge on any atom is 0.155 e. The lowest BCUT2D eigenvalue weighted by atomic mass is 9.98. The van der Waals surface area contributed by atoms with E-state index in [2.05, 4.69) is 60.9 Å². The Morgan fingerprint density at radius 1 is 1.21 bits per heavy atom. The number of fused-ring (bicyclic) bond motifs is 6. The number of hydrogen-bond acceptors (Lipinski definition) is 5. The molecule has 5 rings (SSSR count). The fourth-order valence-corrected chi connectivity index (χ4v) is 4.89. The first-order valence-electron chi connectivity index (χ1n) is 10.1.